The molecule has 2 amide bonds. The Bertz CT molecular complexity index is 933. The second kappa shape index (κ2) is 8.33. The fourth-order valence-electron chi connectivity index (χ4n) is 3.74. The minimum atomic E-state index is -0.501. The van der Waals surface area contributed by atoms with Crippen molar-refractivity contribution in [2.75, 3.05) is 13.2 Å². The van der Waals surface area contributed by atoms with Crippen LogP contribution >= 0.6 is 11.6 Å². The van der Waals surface area contributed by atoms with E-state index in [4.69, 9.17) is 21.1 Å². The highest BCUT2D eigenvalue weighted by atomic mass is 35.5. The van der Waals surface area contributed by atoms with E-state index in [0.717, 1.165) is 11.1 Å². The van der Waals surface area contributed by atoms with Gasteiger partial charge in [-0.1, -0.05) is 35.9 Å². The number of likely N-dealkylation sites (tertiary alicyclic amines) is 1. The lowest BCUT2D eigenvalue weighted by Gasteiger charge is -2.26. The van der Waals surface area contributed by atoms with E-state index in [9.17, 15) is 9.59 Å². The smallest absolute Gasteiger partial charge is 0.243 e. The van der Waals surface area contributed by atoms with E-state index in [0.29, 0.717) is 49.1 Å². The van der Waals surface area contributed by atoms with Crippen LogP contribution in [0.4, 0.5) is 0 Å². The molecule has 0 radical (unpaired) electrons. The third-order valence-corrected chi connectivity index (χ3v) is 5.72. The Kier molecular flexibility index (Phi) is 5.62. The van der Waals surface area contributed by atoms with E-state index in [1.807, 2.05) is 43.3 Å². The average molecular weight is 415 g/mol. The van der Waals surface area contributed by atoms with Gasteiger partial charge in [0.2, 0.25) is 11.8 Å². The zero-order valence-corrected chi connectivity index (χ0v) is 16.9. The third kappa shape index (κ3) is 4.17. The molecule has 0 aromatic heterocycles. The Labute approximate surface area is 174 Å². The molecule has 2 aromatic rings. The largest absolute Gasteiger partial charge is 0.486 e. The molecule has 4 rings (SSSR count). The zero-order valence-electron chi connectivity index (χ0n) is 16.2. The maximum atomic E-state index is 13.0. The summed E-state index contributed by atoms with van der Waals surface area (Å²) < 4.78 is 11.2. The Balaban J connectivity index is 1.45. The number of nitrogens with zero attached hydrogens (tertiary/aromatic N) is 1. The number of carbonyl (C=O) groups excluding carboxylic acids is 2. The van der Waals surface area contributed by atoms with E-state index in [1.54, 1.807) is 11.0 Å². The lowest BCUT2D eigenvalue weighted by Crippen LogP contribution is -2.45. The first-order valence-corrected chi connectivity index (χ1v) is 10.1. The van der Waals surface area contributed by atoms with Crippen molar-refractivity contribution in [3.8, 4) is 11.5 Å². The van der Waals surface area contributed by atoms with Gasteiger partial charge in [-0.2, -0.15) is 0 Å². The molecule has 152 valence electrons. The van der Waals surface area contributed by atoms with Gasteiger partial charge in [0.05, 0.1) is 6.04 Å². The Morgan fingerprint density at radius 3 is 2.76 bits per heavy atom. The summed E-state index contributed by atoms with van der Waals surface area (Å²) in [5.41, 5.74) is 1.76. The molecule has 1 fully saturated rings. The summed E-state index contributed by atoms with van der Waals surface area (Å²) in [5.74, 6) is 1.21. The van der Waals surface area contributed by atoms with E-state index >= 15 is 0 Å². The van der Waals surface area contributed by atoms with Crippen LogP contribution in [0, 0.1) is 0 Å². The first-order chi connectivity index (χ1) is 14.0. The average Bonchev–Trinajstić information content (AvgIpc) is 3.09. The summed E-state index contributed by atoms with van der Waals surface area (Å²) in [4.78, 5) is 27.0. The number of ether oxygens (including phenoxy) is 2. The van der Waals surface area contributed by atoms with E-state index in [-0.39, 0.29) is 17.9 Å². The van der Waals surface area contributed by atoms with E-state index in [1.165, 1.54) is 0 Å². The van der Waals surface area contributed by atoms with Crippen LogP contribution in [0.5, 0.6) is 11.5 Å². The van der Waals surface area contributed by atoms with Gasteiger partial charge in [-0.15, -0.1) is 0 Å². The lowest BCUT2D eigenvalue weighted by molar-refractivity contribution is -0.136. The number of nitrogens with one attached hydrogen (secondary N) is 1. The minimum absolute atomic E-state index is 0.0305. The van der Waals surface area contributed by atoms with Crippen LogP contribution in [-0.2, 0) is 16.1 Å². The van der Waals surface area contributed by atoms with Crippen molar-refractivity contribution in [3.63, 3.8) is 0 Å². The molecule has 2 aliphatic heterocycles. The van der Waals surface area contributed by atoms with Gasteiger partial charge in [-0.25, -0.2) is 0 Å². The Morgan fingerprint density at radius 1 is 1.21 bits per heavy atom. The van der Waals surface area contributed by atoms with Gasteiger partial charge in [0.25, 0.3) is 0 Å². The standard InChI is InChI=1S/C22H23ClN2O4/c1-14(15-6-8-19-20(12-15)29-11-10-28-19)24-22(27)18-7-9-21(26)25(18)13-16-4-2-3-5-17(16)23/h2-6,8,12,14,18H,7,9-11,13H2,1H3,(H,24,27)/t14-,18-/m1/s1. The third-order valence-electron chi connectivity index (χ3n) is 5.35. The summed E-state index contributed by atoms with van der Waals surface area (Å²) in [6.07, 6.45) is 0.865. The molecular weight excluding hydrogens is 392 g/mol. The van der Waals surface area contributed by atoms with Crippen LogP contribution in [0.2, 0.25) is 5.02 Å². The van der Waals surface area contributed by atoms with Gasteiger partial charge in [-0.05, 0) is 42.7 Å². The van der Waals surface area contributed by atoms with Crippen molar-refractivity contribution in [1.29, 1.82) is 0 Å². The molecular formula is C22H23ClN2O4. The highest BCUT2D eigenvalue weighted by molar-refractivity contribution is 6.31. The number of halogens is 1. The van der Waals surface area contributed by atoms with Crippen LogP contribution in [0.1, 0.15) is 36.9 Å². The van der Waals surface area contributed by atoms with Crippen molar-refractivity contribution in [1.82, 2.24) is 10.2 Å². The summed E-state index contributed by atoms with van der Waals surface area (Å²) in [5, 5.41) is 3.63. The molecule has 2 aromatic carbocycles. The Hall–Kier alpha value is -2.73. The van der Waals surface area contributed by atoms with Gasteiger partial charge < -0.3 is 19.7 Å². The van der Waals surface area contributed by atoms with Crippen LogP contribution in [-0.4, -0.2) is 36.0 Å². The normalized spacial score (nSPS) is 19.2. The molecule has 0 bridgehead atoms. The van der Waals surface area contributed by atoms with Gasteiger partial charge in [0, 0.05) is 18.0 Å². The summed E-state index contributed by atoms with van der Waals surface area (Å²) >= 11 is 6.24. The first-order valence-electron chi connectivity index (χ1n) is 9.75. The zero-order chi connectivity index (χ0) is 20.4. The summed E-state index contributed by atoms with van der Waals surface area (Å²) in [6, 6.07) is 12.3. The van der Waals surface area contributed by atoms with Crippen molar-refractivity contribution < 1.29 is 19.1 Å². The van der Waals surface area contributed by atoms with Crippen molar-refractivity contribution in [3.05, 3.63) is 58.6 Å². The summed E-state index contributed by atoms with van der Waals surface area (Å²) in [6.45, 7) is 3.29. The van der Waals surface area contributed by atoms with Gasteiger partial charge in [0.15, 0.2) is 11.5 Å². The van der Waals surface area contributed by atoms with Crippen molar-refractivity contribution >= 4 is 23.4 Å². The van der Waals surface area contributed by atoms with Crippen LogP contribution in [0.25, 0.3) is 0 Å². The number of amides is 2. The quantitative estimate of drug-likeness (QED) is 0.813. The summed E-state index contributed by atoms with van der Waals surface area (Å²) in [7, 11) is 0. The molecule has 6 nitrogen and oxygen atoms in total. The van der Waals surface area contributed by atoms with Gasteiger partial charge in [0.1, 0.15) is 19.3 Å². The number of benzene rings is 2. The topological polar surface area (TPSA) is 67.9 Å². The SMILES string of the molecule is C[C@@H](NC(=O)[C@H]1CCC(=O)N1Cc1ccccc1Cl)c1ccc2c(c1)OCCO2. The van der Waals surface area contributed by atoms with Crippen LogP contribution < -0.4 is 14.8 Å². The maximum Gasteiger partial charge on any atom is 0.243 e. The molecule has 0 aliphatic carbocycles. The van der Waals surface area contributed by atoms with Gasteiger partial charge in [-0.3, -0.25) is 9.59 Å². The highest BCUT2D eigenvalue weighted by Crippen LogP contribution is 2.33. The predicted octanol–water partition coefficient (Wildman–Crippen LogP) is 3.48. The number of fused-ring (bicyclic) bond motifs is 1. The molecule has 2 aliphatic rings. The molecule has 29 heavy (non-hydrogen) atoms. The molecule has 2 atom stereocenters. The lowest BCUT2D eigenvalue weighted by atomic mass is 10.1. The van der Waals surface area contributed by atoms with Crippen molar-refractivity contribution in [2.45, 2.75) is 38.4 Å². The van der Waals surface area contributed by atoms with Crippen molar-refractivity contribution in [2.24, 2.45) is 0 Å². The Morgan fingerprint density at radius 2 is 1.97 bits per heavy atom. The molecule has 2 heterocycles. The van der Waals surface area contributed by atoms with Crippen LogP contribution in [0.3, 0.4) is 0 Å². The van der Waals surface area contributed by atoms with Gasteiger partial charge >= 0.3 is 0 Å². The minimum Gasteiger partial charge on any atom is -0.486 e. The highest BCUT2D eigenvalue weighted by Gasteiger charge is 2.36. The number of carbonyl (C=O) groups is 2. The molecule has 1 saturated heterocycles. The maximum absolute atomic E-state index is 13.0. The second-order valence-corrected chi connectivity index (χ2v) is 7.71. The first kappa shape index (κ1) is 19.6. The molecule has 0 spiro atoms. The number of hydrogen-bond donors (Lipinski definition) is 1. The second-order valence-electron chi connectivity index (χ2n) is 7.30. The predicted molar refractivity (Wildman–Crippen MR) is 109 cm³/mol. The fraction of sp³-hybridized carbons (Fsp3) is 0.364. The molecule has 1 N–H and O–H groups in total. The van der Waals surface area contributed by atoms with E-state index < -0.39 is 6.04 Å². The van der Waals surface area contributed by atoms with E-state index in [2.05, 4.69) is 5.32 Å². The van der Waals surface area contributed by atoms with Crippen LogP contribution in [0.15, 0.2) is 42.5 Å². The fourth-order valence-corrected chi connectivity index (χ4v) is 3.93. The number of hydrogen-bond acceptors (Lipinski definition) is 4. The number of rotatable bonds is 5. The molecule has 0 saturated carbocycles. The molecule has 0 unspecified atom stereocenters. The molecule has 7 heteroatoms. The monoisotopic (exact) mass is 414 g/mol.